The standard InChI is InChI=1S/C26H23N3O4S2/c1-5-33-25(32)19-14(2)27-26-29(21(19)15-10-12-16(34-4)13-11-15)24(31)22(35-26)20-17-8-6-7-9-18(17)28(3)23(20)30/h6-13,21H,5H2,1-4H3/b22-20-. The van der Waals surface area contributed by atoms with E-state index in [0.29, 0.717) is 31.7 Å². The molecule has 0 aliphatic carbocycles. The SMILES string of the molecule is CCOC(=O)C1=C(C)N=c2s/c(=C3\C(=O)N(C)c4ccccc43)c(=O)n2C1c1ccc(SC)cc1. The first-order valence-electron chi connectivity index (χ1n) is 11.1. The van der Waals surface area contributed by atoms with Crippen LogP contribution in [0.1, 0.15) is 31.0 Å². The Balaban J connectivity index is 1.81. The molecule has 35 heavy (non-hydrogen) atoms. The minimum absolute atomic E-state index is 0.208. The molecule has 2 aliphatic rings. The maximum absolute atomic E-state index is 13.9. The first-order valence-corrected chi connectivity index (χ1v) is 13.1. The number of nitrogens with zero attached hydrogens (tertiary/aromatic N) is 3. The van der Waals surface area contributed by atoms with Gasteiger partial charge in [-0.05, 0) is 43.9 Å². The molecular formula is C26H23N3O4S2. The minimum Gasteiger partial charge on any atom is -0.463 e. The van der Waals surface area contributed by atoms with Crippen LogP contribution in [-0.2, 0) is 14.3 Å². The third kappa shape index (κ3) is 3.66. The molecule has 1 amide bonds. The predicted molar refractivity (Wildman–Crippen MR) is 137 cm³/mol. The zero-order chi connectivity index (χ0) is 24.9. The van der Waals surface area contributed by atoms with Gasteiger partial charge < -0.3 is 9.64 Å². The van der Waals surface area contributed by atoms with Gasteiger partial charge in [-0.25, -0.2) is 9.79 Å². The highest BCUT2D eigenvalue weighted by Gasteiger charge is 2.36. The Morgan fingerprint density at radius 2 is 1.86 bits per heavy atom. The van der Waals surface area contributed by atoms with Gasteiger partial charge in [0.2, 0.25) is 0 Å². The van der Waals surface area contributed by atoms with Gasteiger partial charge in [-0.15, -0.1) is 11.8 Å². The number of fused-ring (bicyclic) bond motifs is 2. The van der Waals surface area contributed by atoms with Crippen molar-refractivity contribution < 1.29 is 14.3 Å². The molecule has 0 bridgehead atoms. The summed E-state index contributed by atoms with van der Waals surface area (Å²) in [4.78, 5) is 47.9. The molecule has 0 radical (unpaired) electrons. The first kappa shape index (κ1) is 23.3. The molecule has 0 fully saturated rings. The van der Waals surface area contributed by atoms with Crippen LogP contribution in [0.3, 0.4) is 0 Å². The highest BCUT2D eigenvalue weighted by atomic mass is 32.2. The van der Waals surface area contributed by atoms with Crippen LogP contribution in [0.4, 0.5) is 5.69 Å². The smallest absolute Gasteiger partial charge is 0.338 e. The number of carbonyl (C=O) groups is 2. The number of esters is 1. The summed E-state index contributed by atoms with van der Waals surface area (Å²) in [5.41, 5.74) is 3.07. The topological polar surface area (TPSA) is 81.0 Å². The number of benzene rings is 2. The molecule has 7 nitrogen and oxygen atoms in total. The third-order valence-electron chi connectivity index (χ3n) is 6.20. The molecule has 178 valence electrons. The Labute approximate surface area is 210 Å². The summed E-state index contributed by atoms with van der Waals surface area (Å²) in [7, 11) is 1.70. The molecule has 0 spiro atoms. The fourth-order valence-electron chi connectivity index (χ4n) is 4.53. The second kappa shape index (κ2) is 8.98. The Bertz CT molecular complexity index is 1580. The highest BCUT2D eigenvalue weighted by molar-refractivity contribution is 7.98. The Kier molecular flexibility index (Phi) is 5.98. The van der Waals surface area contributed by atoms with E-state index in [4.69, 9.17) is 4.74 Å². The normalized spacial score (nSPS) is 18.3. The Morgan fingerprint density at radius 1 is 1.14 bits per heavy atom. The number of anilines is 1. The number of carbonyl (C=O) groups excluding carboxylic acids is 2. The van der Waals surface area contributed by atoms with E-state index in [9.17, 15) is 14.4 Å². The van der Waals surface area contributed by atoms with Gasteiger partial charge in [0.05, 0.1) is 35.2 Å². The van der Waals surface area contributed by atoms with Crippen LogP contribution >= 0.6 is 23.1 Å². The number of rotatable bonds is 4. The maximum Gasteiger partial charge on any atom is 0.338 e. The summed E-state index contributed by atoms with van der Waals surface area (Å²) in [6.07, 6.45) is 1.99. The number of thiazole rings is 1. The van der Waals surface area contributed by atoms with Crippen LogP contribution < -0.4 is 19.8 Å². The average Bonchev–Trinajstić information content (AvgIpc) is 3.31. The molecule has 3 heterocycles. The molecule has 0 saturated carbocycles. The largest absolute Gasteiger partial charge is 0.463 e. The number of likely N-dealkylation sites (N-methyl/N-ethyl adjacent to an activating group) is 1. The fourth-order valence-corrected chi connectivity index (χ4v) is 6.08. The summed E-state index contributed by atoms with van der Waals surface area (Å²) in [6.45, 7) is 3.70. The summed E-state index contributed by atoms with van der Waals surface area (Å²) >= 11 is 2.78. The maximum atomic E-state index is 13.9. The van der Waals surface area contributed by atoms with Crippen molar-refractivity contribution in [1.82, 2.24) is 4.57 Å². The molecule has 2 aromatic carbocycles. The molecule has 2 aliphatic heterocycles. The van der Waals surface area contributed by atoms with E-state index in [1.54, 1.807) is 37.6 Å². The molecule has 9 heteroatoms. The van der Waals surface area contributed by atoms with Gasteiger partial charge in [0, 0.05) is 17.5 Å². The number of hydrogen-bond donors (Lipinski definition) is 0. The van der Waals surface area contributed by atoms with E-state index >= 15 is 0 Å². The molecule has 1 unspecified atom stereocenters. The van der Waals surface area contributed by atoms with Gasteiger partial charge in [0.15, 0.2) is 4.80 Å². The van der Waals surface area contributed by atoms with Gasteiger partial charge in [0.25, 0.3) is 11.5 Å². The summed E-state index contributed by atoms with van der Waals surface area (Å²) in [5.74, 6) is -0.744. The van der Waals surface area contributed by atoms with Gasteiger partial charge in [-0.3, -0.25) is 14.2 Å². The van der Waals surface area contributed by atoms with E-state index in [-0.39, 0.29) is 18.1 Å². The van der Waals surface area contributed by atoms with Crippen LogP contribution in [0, 0.1) is 0 Å². The van der Waals surface area contributed by atoms with Gasteiger partial charge in [-0.2, -0.15) is 0 Å². The van der Waals surface area contributed by atoms with Crippen molar-refractivity contribution in [1.29, 1.82) is 0 Å². The lowest BCUT2D eigenvalue weighted by atomic mass is 9.96. The third-order valence-corrected chi connectivity index (χ3v) is 8.00. The number of aromatic nitrogens is 1. The van der Waals surface area contributed by atoms with Crippen molar-refractivity contribution in [2.45, 2.75) is 24.8 Å². The van der Waals surface area contributed by atoms with Crippen molar-refractivity contribution in [3.05, 3.63) is 90.6 Å². The molecule has 0 saturated heterocycles. The van der Waals surface area contributed by atoms with Gasteiger partial charge in [0.1, 0.15) is 4.53 Å². The molecule has 1 atom stereocenters. The summed E-state index contributed by atoms with van der Waals surface area (Å²) in [6, 6.07) is 14.5. The van der Waals surface area contributed by atoms with Gasteiger partial charge in [-0.1, -0.05) is 41.7 Å². The van der Waals surface area contributed by atoms with Crippen molar-refractivity contribution in [2.75, 3.05) is 24.8 Å². The minimum atomic E-state index is -0.708. The van der Waals surface area contributed by atoms with Crippen molar-refractivity contribution in [3.8, 4) is 0 Å². The summed E-state index contributed by atoms with van der Waals surface area (Å²) < 4.78 is 7.19. The monoisotopic (exact) mass is 505 g/mol. The molecule has 3 aromatic rings. The predicted octanol–water partition coefficient (Wildman–Crippen LogP) is 2.87. The zero-order valence-corrected chi connectivity index (χ0v) is 21.3. The van der Waals surface area contributed by atoms with Crippen LogP contribution in [-0.4, -0.2) is 36.4 Å². The van der Waals surface area contributed by atoms with Crippen LogP contribution in [0.2, 0.25) is 0 Å². The molecule has 0 N–H and O–H groups in total. The average molecular weight is 506 g/mol. The van der Waals surface area contributed by atoms with Crippen LogP contribution in [0.15, 0.2) is 74.5 Å². The number of amides is 1. The van der Waals surface area contributed by atoms with E-state index in [1.807, 2.05) is 54.8 Å². The number of ether oxygens (including phenoxy) is 1. The molecule has 1 aromatic heterocycles. The number of hydrogen-bond acceptors (Lipinski definition) is 7. The van der Waals surface area contributed by atoms with E-state index < -0.39 is 12.0 Å². The number of thioether (sulfide) groups is 1. The van der Waals surface area contributed by atoms with Gasteiger partial charge >= 0.3 is 5.97 Å². The Hall–Kier alpha value is -3.43. The molecular weight excluding hydrogens is 482 g/mol. The number of para-hydroxylation sites is 1. The quantitative estimate of drug-likeness (QED) is 0.402. The van der Waals surface area contributed by atoms with Crippen molar-refractivity contribution in [2.24, 2.45) is 4.99 Å². The summed E-state index contributed by atoms with van der Waals surface area (Å²) in [5, 5.41) is 0. The van der Waals surface area contributed by atoms with Crippen LogP contribution in [0.25, 0.3) is 5.57 Å². The zero-order valence-electron chi connectivity index (χ0n) is 19.7. The van der Waals surface area contributed by atoms with Crippen molar-refractivity contribution >= 4 is 46.2 Å². The first-order chi connectivity index (χ1) is 16.9. The lowest BCUT2D eigenvalue weighted by Crippen LogP contribution is -2.40. The van der Waals surface area contributed by atoms with E-state index in [2.05, 4.69) is 4.99 Å². The second-order valence-electron chi connectivity index (χ2n) is 8.15. The van der Waals surface area contributed by atoms with Crippen molar-refractivity contribution in [3.63, 3.8) is 0 Å². The lowest BCUT2D eigenvalue weighted by Gasteiger charge is -2.24. The Morgan fingerprint density at radius 3 is 2.54 bits per heavy atom. The van der Waals surface area contributed by atoms with E-state index in [0.717, 1.165) is 16.1 Å². The van der Waals surface area contributed by atoms with Crippen LogP contribution in [0.5, 0.6) is 0 Å². The van der Waals surface area contributed by atoms with E-state index in [1.165, 1.54) is 15.9 Å². The fraction of sp³-hybridized carbons (Fsp3) is 0.231. The molecule has 5 rings (SSSR count). The highest BCUT2D eigenvalue weighted by Crippen LogP contribution is 2.35. The number of allylic oxidation sites excluding steroid dienone is 1. The lowest BCUT2D eigenvalue weighted by molar-refractivity contribution is -0.139. The second-order valence-corrected chi connectivity index (χ2v) is 10.0.